The van der Waals surface area contributed by atoms with Gasteiger partial charge in [-0.25, -0.2) is 4.98 Å². The number of ether oxygens (including phenoxy) is 1. The highest BCUT2D eigenvalue weighted by Gasteiger charge is 2.13. The Labute approximate surface area is 114 Å². The highest BCUT2D eigenvalue weighted by atomic mass is 16.5. The lowest BCUT2D eigenvalue weighted by Crippen LogP contribution is -2.15. The first-order chi connectivity index (χ1) is 9.26. The Hall–Kier alpha value is -1.39. The van der Waals surface area contributed by atoms with E-state index in [1.807, 2.05) is 18.2 Å². The zero-order valence-corrected chi connectivity index (χ0v) is 11.7. The van der Waals surface area contributed by atoms with E-state index < -0.39 is 0 Å². The van der Waals surface area contributed by atoms with Crippen LogP contribution in [0.1, 0.15) is 25.6 Å². The Morgan fingerprint density at radius 3 is 2.89 bits per heavy atom. The van der Waals surface area contributed by atoms with Crippen LogP contribution in [0, 0.1) is 0 Å². The minimum Gasteiger partial charge on any atom is -0.393 e. The molecule has 1 unspecified atom stereocenters. The van der Waals surface area contributed by atoms with Crippen molar-refractivity contribution in [3.8, 4) is 0 Å². The molecule has 0 aliphatic rings. The Bertz CT molecular complexity index is 522. The molecule has 1 aromatic carbocycles. The quantitative estimate of drug-likeness (QED) is 0.779. The molecule has 0 bridgehead atoms. The molecule has 0 saturated carbocycles. The van der Waals surface area contributed by atoms with Crippen molar-refractivity contribution in [2.45, 2.75) is 38.8 Å². The summed E-state index contributed by atoms with van der Waals surface area (Å²) < 4.78 is 7.18. The zero-order valence-electron chi connectivity index (χ0n) is 11.7. The smallest absolute Gasteiger partial charge is 0.112 e. The summed E-state index contributed by atoms with van der Waals surface area (Å²) >= 11 is 0. The molecule has 1 N–H and O–H groups in total. The number of aryl methyl sites for hydroxylation is 1. The lowest BCUT2D eigenvalue weighted by atomic mass is 10.1. The van der Waals surface area contributed by atoms with E-state index in [1.54, 1.807) is 7.11 Å². The Balaban J connectivity index is 2.11. The van der Waals surface area contributed by atoms with Crippen LogP contribution in [0.5, 0.6) is 0 Å². The van der Waals surface area contributed by atoms with E-state index in [-0.39, 0.29) is 6.10 Å². The fraction of sp³-hybridized carbons (Fsp3) is 0.533. The van der Waals surface area contributed by atoms with E-state index in [1.165, 1.54) is 0 Å². The van der Waals surface area contributed by atoms with E-state index in [2.05, 4.69) is 22.5 Å². The molecule has 2 aromatic rings. The monoisotopic (exact) mass is 262 g/mol. The second-order valence-corrected chi connectivity index (χ2v) is 4.75. The number of rotatable bonds is 7. The first-order valence-electron chi connectivity index (χ1n) is 6.87. The van der Waals surface area contributed by atoms with Gasteiger partial charge < -0.3 is 14.4 Å². The first kappa shape index (κ1) is 14.0. The normalized spacial score (nSPS) is 13.0. The summed E-state index contributed by atoms with van der Waals surface area (Å²) in [5, 5.41) is 10.1. The fourth-order valence-electron chi connectivity index (χ4n) is 2.41. The lowest BCUT2D eigenvalue weighted by Gasteiger charge is -2.11. The molecule has 0 amide bonds. The van der Waals surface area contributed by atoms with Crippen molar-refractivity contribution in [3.63, 3.8) is 0 Å². The van der Waals surface area contributed by atoms with E-state index >= 15 is 0 Å². The zero-order chi connectivity index (χ0) is 13.7. The first-order valence-corrected chi connectivity index (χ1v) is 6.87. The van der Waals surface area contributed by atoms with Crippen LogP contribution in [0.3, 0.4) is 0 Å². The molecule has 0 aliphatic carbocycles. The van der Waals surface area contributed by atoms with Crippen LogP contribution < -0.4 is 0 Å². The number of imidazole rings is 1. The van der Waals surface area contributed by atoms with Gasteiger partial charge >= 0.3 is 0 Å². The summed E-state index contributed by atoms with van der Waals surface area (Å²) in [6.07, 6.45) is 1.88. The summed E-state index contributed by atoms with van der Waals surface area (Å²) in [7, 11) is 1.68. The average Bonchev–Trinajstić information content (AvgIpc) is 2.76. The standard InChI is InChI=1S/C15H22N2O2/c1-3-17-14-9-5-4-8-13(14)16-15(17)11-12(18)7-6-10-19-2/h4-5,8-9,12,18H,3,6-7,10-11H2,1-2H3. The number of aliphatic hydroxyl groups is 1. The molecule has 2 rings (SSSR count). The molecule has 0 saturated heterocycles. The summed E-state index contributed by atoms with van der Waals surface area (Å²) in [6.45, 7) is 3.68. The fourth-order valence-corrected chi connectivity index (χ4v) is 2.41. The van der Waals surface area contributed by atoms with Crippen molar-refractivity contribution in [2.24, 2.45) is 0 Å². The molecular weight excluding hydrogens is 240 g/mol. The largest absolute Gasteiger partial charge is 0.393 e. The molecule has 0 spiro atoms. The maximum absolute atomic E-state index is 10.1. The lowest BCUT2D eigenvalue weighted by molar-refractivity contribution is 0.133. The highest BCUT2D eigenvalue weighted by molar-refractivity contribution is 5.75. The van der Waals surface area contributed by atoms with Gasteiger partial charge in [0.25, 0.3) is 0 Å². The predicted octanol–water partition coefficient (Wildman–Crippen LogP) is 2.39. The molecule has 4 nitrogen and oxygen atoms in total. The van der Waals surface area contributed by atoms with Gasteiger partial charge in [0.1, 0.15) is 5.82 Å². The molecule has 0 fully saturated rings. The van der Waals surface area contributed by atoms with Gasteiger partial charge in [-0.3, -0.25) is 0 Å². The van der Waals surface area contributed by atoms with Crippen LogP contribution in [0.25, 0.3) is 11.0 Å². The SMILES string of the molecule is CCn1c(CC(O)CCCOC)nc2ccccc21. The number of hydrogen-bond donors (Lipinski definition) is 1. The van der Waals surface area contributed by atoms with Crippen LogP contribution in [0.4, 0.5) is 0 Å². The van der Waals surface area contributed by atoms with Gasteiger partial charge in [-0.2, -0.15) is 0 Å². The minimum atomic E-state index is -0.350. The molecule has 19 heavy (non-hydrogen) atoms. The van der Waals surface area contributed by atoms with Crippen LogP contribution in [0.15, 0.2) is 24.3 Å². The summed E-state index contributed by atoms with van der Waals surface area (Å²) in [4.78, 5) is 4.62. The second kappa shape index (κ2) is 6.68. The highest BCUT2D eigenvalue weighted by Crippen LogP contribution is 2.17. The minimum absolute atomic E-state index is 0.350. The van der Waals surface area contributed by atoms with Crippen molar-refractivity contribution in [3.05, 3.63) is 30.1 Å². The number of fused-ring (bicyclic) bond motifs is 1. The van der Waals surface area contributed by atoms with E-state index in [0.29, 0.717) is 13.0 Å². The number of hydrogen-bond acceptors (Lipinski definition) is 3. The number of para-hydroxylation sites is 2. The van der Waals surface area contributed by atoms with Gasteiger partial charge in [0.15, 0.2) is 0 Å². The van der Waals surface area contributed by atoms with Crippen molar-refractivity contribution in [1.82, 2.24) is 9.55 Å². The summed E-state index contributed by atoms with van der Waals surface area (Å²) in [5.74, 6) is 0.966. The van der Waals surface area contributed by atoms with Crippen molar-refractivity contribution < 1.29 is 9.84 Å². The van der Waals surface area contributed by atoms with E-state index in [4.69, 9.17) is 4.74 Å². The molecule has 1 aromatic heterocycles. The van der Waals surface area contributed by atoms with Crippen LogP contribution in [-0.4, -0.2) is 34.5 Å². The number of benzene rings is 1. The molecule has 1 atom stereocenters. The number of aromatic nitrogens is 2. The molecular formula is C15H22N2O2. The van der Waals surface area contributed by atoms with Crippen molar-refractivity contribution in [2.75, 3.05) is 13.7 Å². The average molecular weight is 262 g/mol. The molecule has 0 radical (unpaired) electrons. The Morgan fingerprint density at radius 1 is 1.37 bits per heavy atom. The van der Waals surface area contributed by atoms with Gasteiger partial charge in [0.05, 0.1) is 17.1 Å². The van der Waals surface area contributed by atoms with Crippen molar-refractivity contribution in [1.29, 1.82) is 0 Å². The molecule has 104 valence electrons. The molecule has 0 aliphatic heterocycles. The van der Waals surface area contributed by atoms with Crippen LogP contribution >= 0.6 is 0 Å². The summed E-state index contributed by atoms with van der Waals surface area (Å²) in [6, 6.07) is 8.11. The van der Waals surface area contributed by atoms with Gasteiger partial charge in [-0.15, -0.1) is 0 Å². The van der Waals surface area contributed by atoms with E-state index in [9.17, 15) is 5.11 Å². The Kier molecular flexibility index (Phi) is 4.93. The van der Waals surface area contributed by atoms with Gasteiger partial charge in [-0.05, 0) is 31.9 Å². The summed E-state index contributed by atoms with van der Waals surface area (Å²) in [5.41, 5.74) is 2.15. The third-order valence-corrected chi connectivity index (χ3v) is 3.35. The number of nitrogens with zero attached hydrogens (tertiary/aromatic N) is 2. The maximum atomic E-state index is 10.1. The van der Waals surface area contributed by atoms with Crippen LogP contribution in [0.2, 0.25) is 0 Å². The Morgan fingerprint density at radius 2 is 2.16 bits per heavy atom. The number of methoxy groups -OCH3 is 1. The van der Waals surface area contributed by atoms with Gasteiger partial charge in [0, 0.05) is 26.7 Å². The van der Waals surface area contributed by atoms with Crippen LogP contribution in [-0.2, 0) is 17.7 Å². The van der Waals surface area contributed by atoms with Crippen molar-refractivity contribution >= 4 is 11.0 Å². The topological polar surface area (TPSA) is 47.3 Å². The van der Waals surface area contributed by atoms with Gasteiger partial charge in [-0.1, -0.05) is 12.1 Å². The number of aliphatic hydroxyl groups excluding tert-OH is 1. The predicted molar refractivity (Wildman–Crippen MR) is 76.2 cm³/mol. The maximum Gasteiger partial charge on any atom is 0.112 e. The third-order valence-electron chi connectivity index (χ3n) is 3.35. The molecule has 1 heterocycles. The third kappa shape index (κ3) is 3.33. The molecule has 4 heteroatoms. The van der Waals surface area contributed by atoms with Gasteiger partial charge in [0.2, 0.25) is 0 Å². The second-order valence-electron chi connectivity index (χ2n) is 4.75. The van der Waals surface area contributed by atoms with E-state index in [0.717, 1.165) is 36.2 Å².